The normalized spacial score (nSPS) is 10.2. The second kappa shape index (κ2) is 4.39. The maximum Gasteiger partial charge on any atom is 0.277 e. The molecule has 17 heavy (non-hydrogen) atoms. The number of nitrogens with one attached hydrogen (secondary N) is 1. The SMILES string of the molecule is NC(=O)c1cc(-c2ccc(Cl)cc2)n[nH]c1=O. The van der Waals surface area contributed by atoms with Crippen molar-refractivity contribution in [1.29, 1.82) is 0 Å². The van der Waals surface area contributed by atoms with E-state index in [0.29, 0.717) is 10.7 Å². The highest BCUT2D eigenvalue weighted by molar-refractivity contribution is 6.30. The molecule has 2 rings (SSSR count). The predicted molar refractivity (Wildman–Crippen MR) is 63.8 cm³/mol. The molecule has 0 aliphatic rings. The zero-order valence-electron chi connectivity index (χ0n) is 8.61. The minimum Gasteiger partial charge on any atom is -0.365 e. The van der Waals surface area contributed by atoms with Gasteiger partial charge in [0.25, 0.3) is 11.5 Å². The molecule has 0 fully saturated rings. The highest BCUT2D eigenvalue weighted by atomic mass is 35.5. The summed E-state index contributed by atoms with van der Waals surface area (Å²) < 4.78 is 0. The maximum absolute atomic E-state index is 11.3. The number of aromatic amines is 1. The van der Waals surface area contributed by atoms with Gasteiger partial charge in [-0.15, -0.1) is 0 Å². The average molecular weight is 250 g/mol. The highest BCUT2D eigenvalue weighted by Crippen LogP contribution is 2.18. The third kappa shape index (κ3) is 2.34. The Kier molecular flexibility index (Phi) is 2.93. The lowest BCUT2D eigenvalue weighted by atomic mass is 10.1. The van der Waals surface area contributed by atoms with E-state index in [1.54, 1.807) is 24.3 Å². The van der Waals surface area contributed by atoms with Crippen molar-refractivity contribution in [3.05, 3.63) is 51.3 Å². The first kappa shape index (κ1) is 11.3. The van der Waals surface area contributed by atoms with E-state index in [9.17, 15) is 9.59 Å². The standard InChI is InChI=1S/C11H8ClN3O2/c12-7-3-1-6(2-4-7)9-5-8(10(13)16)11(17)15-14-9/h1-5H,(H2,13,16)(H,15,17). The van der Waals surface area contributed by atoms with E-state index in [2.05, 4.69) is 10.2 Å². The summed E-state index contributed by atoms with van der Waals surface area (Å²) in [7, 11) is 0. The Bertz CT molecular complexity index is 619. The Hall–Kier alpha value is -2.14. The number of H-pyrrole nitrogens is 1. The Morgan fingerprint density at radius 3 is 2.53 bits per heavy atom. The van der Waals surface area contributed by atoms with Crippen LogP contribution < -0.4 is 11.3 Å². The molecule has 0 unspecified atom stereocenters. The molecule has 0 aliphatic carbocycles. The number of benzene rings is 1. The number of rotatable bonds is 2. The van der Waals surface area contributed by atoms with Crippen molar-refractivity contribution in [1.82, 2.24) is 10.2 Å². The van der Waals surface area contributed by atoms with Crippen LogP contribution in [0.5, 0.6) is 0 Å². The lowest BCUT2D eigenvalue weighted by Crippen LogP contribution is -2.24. The second-order valence-corrected chi connectivity index (χ2v) is 3.80. The summed E-state index contributed by atoms with van der Waals surface area (Å²) >= 11 is 5.75. The smallest absolute Gasteiger partial charge is 0.277 e. The highest BCUT2D eigenvalue weighted by Gasteiger charge is 2.09. The summed E-state index contributed by atoms with van der Waals surface area (Å²) in [5.41, 5.74) is 5.54. The van der Waals surface area contributed by atoms with Gasteiger partial charge in [0.15, 0.2) is 0 Å². The fourth-order valence-electron chi connectivity index (χ4n) is 1.36. The van der Waals surface area contributed by atoms with Crippen molar-refractivity contribution >= 4 is 17.5 Å². The molecular formula is C11H8ClN3O2. The van der Waals surface area contributed by atoms with Gasteiger partial charge in [-0.25, -0.2) is 5.10 Å². The number of hydrogen-bond donors (Lipinski definition) is 2. The topological polar surface area (TPSA) is 88.8 Å². The molecule has 5 nitrogen and oxygen atoms in total. The molecule has 86 valence electrons. The van der Waals surface area contributed by atoms with Crippen LogP contribution in [0.1, 0.15) is 10.4 Å². The van der Waals surface area contributed by atoms with Crippen molar-refractivity contribution in [3.8, 4) is 11.3 Å². The Morgan fingerprint density at radius 2 is 1.94 bits per heavy atom. The van der Waals surface area contributed by atoms with Crippen molar-refractivity contribution in [3.63, 3.8) is 0 Å². The average Bonchev–Trinajstić information content (AvgIpc) is 2.30. The van der Waals surface area contributed by atoms with Crippen LogP contribution in [-0.2, 0) is 0 Å². The minimum atomic E-state index is -0.788. The summed E-state index contributed by atoms with van der Waals surface area (Å²) in [6.07, 6.45) is 0. The van der Waals surface area contributed by atoms with Crippen LogP contribution in [0.15, 0.2) is 35.1 Å². The number of primary amides is 1. The second-order valence-electron chi connectivity index (χ2n) is 3.37. The van der Waals surface area contributed by atoms with Crippen LogP contribution in [0.3, 0.4) is 0 Å². The van der Waals surface area contributed by atoms with Gasteiger partial charge in [-0.3, -0.25) is 9.59 Å². The molecule has 3 N–H and O–H groups in total. The molecule has 1 amide bonds. The van der Waals surface area contributed by atoms with E-state index >= 15 is 0 Å². The summed E-state index contributed by atoms with van der Waals surface area (Å²) in [6, 6.07) is 8.19. The van der Waals surface area contributed by atoms with Gasteiger partial charge in [-0.2, -0.15) is 5.10 Å². The van der Waals surface area contributed by atoms with E-state index in [0.717, 1.165) is 5.56 Å². The molecule has 6 heteroatoms. The molecule has 0 saturated heterocycles. The minimum absolute atomic E-state index is 0.120. The molecule has 0 atom stereocenters. The number of amides is 1. The molecule has 0 bridgehead atoms. The van der Waals surface area contributed by atoms with Gasteiger partial charge in [0.2, 0.25) is 0 Å². The maximum atomic E-state index is 11.3. The summed E-state index contributed by atoms with van der Waals surface area (Å²) in [4.78, 5) is 22.3. The Labute approximate surface area is 101 Å². The van der Waals surface area contributed by atoms with Gasteiger partial charge in [-0.05, 0) is 18.2 Å². The number of aromatic nitrogens is 2. The number of carbonyl (C=O) groups is 1. The van der Waals surface area contributed by atoms with Crippen LogP contribution in [0.25, 0.3) is 11.3 Å². The van der Waals surface area contributed by atoms with E-state index in [-0.39, 0.29) is 5.56 Å². The third-order valence-electron chi connectivity index (χ3n) is 2.21. The van der Waals surface area contributed by atoms with Gasteiger partial charge in [0.1, 0.15) is 5.56 Å². The van der Waals surface area contributed by atoms with Gasteiger partial charge in [0, 0.05) is 10.6 Å². The first-order valence-corrected chi connectivity index (χ1v) is 5.11. The fourth-order valence-corrected chi connectivity index (χ4v) is 1.48. The summed E-state index contributed by atoms with van der Waals surface area (Å²) in [5, 5.41) is 6.65. The molecule has 1 aromatic carbocycles. The van der Waals surface area contributed by atoms with Gasteiger partial charge >= 0.3 is 0 Å². The predicted octanol–water partition coefficient (Wildman–Crippen LogP) is 1.19. The molecule has 1 aromatic heterocycles. The number of nitrogens with two attached hydrogens (primary N) is 1. The molecule has 0 spiro atoms. The Morgan fingerprint density at radius 1 is 1.29 bits per heavy atom. The molecule has 0 radical (unpaired) electrons. The molecule has 0 aliphatic heterocycles. The first-order valence-electron chi connectivity index (χ1n) is 4.73. The summed E-state index contributed by atoms with van der Waals surface area (Å²) in [6.45, 7) is 0. The monoisotopic (exact) mass is 249 g/mol. The number of nitrogens with zero attached hydrogens (tertiary/aromatic N) is 1. The van der Waals surface area contributed by atoms with Crippen molar-refractivity contribution < 1.29 is 4.79 Å². The van der Waals surface area contributed by atoms with E-state index in [1.165, 1.54) is 6.07 Å². The molecular weight excluding hydrogens is 242 g/mol. The lowest BCUT2D eigenvalue weighted by molar-refractivity contribution is 0.0998. The first-order chi connectivity index (χ1) is 8.08. The lowest BCUT2D eigenvalue weighted by Gasteiger charge is -2.01. The molecule has 2 aromatic rings. The van der Waals surface area contributed by atoms with Gasteiger partial charge < -0.3 is 5.73 Å². The van der Waals surface area contributed by atoms with E-state index in [4.69, 9.17) is 17.3 Å². The van der Waals surface area contributed by atoms with Crippen LogP contribution in [0.4, 0.5) is 0 Å². The Balaban J connectivity index is 2.53. The van der Waals surface area contributed by atoms with E-state index < -0.39 is 11.5 Å². The largest absolute Gasteiger partial charge is 0.365 e. The van der Waals surface area contributed by atoms with Gasteiger partial charge in [-0.1, -0.05) is 23.7 Å². The van der Waals surface area contributed by atoms with E-state index in [1.807, 2.05) is 0 Å². The summed E-state index contributed by atoms with van der Waals surface area (Å²) in [5.74, 6) is -0.788. The molecule has 0 saturated carbocycles. The number of hydrogen-bond acceptors (Lipinski definition) is 3. The number of carbonyl (C=O) groups excluding carboxylic acids is 1. The fraction of sp³-hybridized carbons (Fsp3) is 0. The quantitative estimate of drug-likeness (QED) is 0.838. The number of halogens is 1. The third-order valence-corrected chi connectivity index (χ3v) is 2.46. The van der Waals surface area contributed by atoms with Crippen LogP contribution in [0.2, 0.25) is 5.02 Å². The molecule has 1 heterocycles. The van der Waals surface area contributed by atoms with Crippen molar-refractivity contribution in [2.24, 2.45) is 5.73 Å². The zero-order chi connectivity index (χ0) is 12.4. The van der Waals surface area contributed by atoms with Crippen LogP contribution in [-0.4, -0.2) is 16.1 Å². The van der Waals surface area contributed by atoms with Crippen molar-refractivity contribution in [2.75, 3.05) is 0 Å². The van der Waals surface area contributed by atoms with Gasteiger partial charge in [0.05, 0.1) is 5.69 Å². The zero-order valence-corrected chi connectivity index (χ0v) is 9.36. The van der Waals surface area contributed by atoms with Crippen LogP contribution in [0, 0.1) is 0 Å². The van der Waals surface area contributed by atoms with Crippen molar-refractivity contribution in [2.45, 2.75) is 0 Å². The van der Waals surface area contributed by atoms with Crippen LogP contribution >= 0.6 is 11.6 Å².